The molecule has 0 aliphatic heterocycles. The maximum absolute atomic E-state index is 5.85. The number of hydrogen-bond acceptors (Lipinski definition) is 4. The fraction of sp³-hybridized carbons (Fsp3) is 0.600. The van der Waals surface area contributed by atoms with E-state index in [0.717, 1.165) is 23.4 Å². The number of nitrogens with zero attached hydrogens (tertiary/aromatic N) is 3. The summed E-state index contributed by atoms with van der Waals surface area (Å²) in [4.78, 5) is 4.45. The van der Waals surface area contributed by atoms with Crippen LogP contribution in [0.1, 0.15) is 51.6 Å². The summed E-state index contributed by atoms with van der Waals surface area (Å²) >= 11 is 0. The highest BCUT2D eigenvalue weighted by molar-refractivity contribution is 5.68. The van der Waals surface area contributed by atoms with Crippen molar-refractivity contribution in [2.45, 2.75) is 52.0 Å². The Kier molecular flexibility index (Phi) is 4.95. The van der Waals surface area contributed by atoms with Crippen LogP contribution in [0.4, 0.5) is 5.82 Å². The summed E-state index contributed by atoms with van der Waals surface area (Å²) in [5.41, 5.74) is 7.95. The van der Waals surface area contributed by atoms with Crippen LogP contribution in [0.2, 0.25) is 0 Å². The minimum Gasteiger partial charge on any atom is -0.364 e. The summed E-state index contributed by atoms with van der Waals surface area (Å²) < 4.78 is 1.89. The van der Waals surface area contributed by atoms with Gasteiger partial charge in [-0.3, -0.25) is 0 Å². The highest BCUT2D eigenvalue weighted by Crippen LogP contribution is 2.20. The van der Waals surface area contributed by atoms with Gasteiger partial charge in [-0.1, -0.05) is 33.6 Å². The van der Waals surface area contributed by atoms with E-state index in [1.807, 2.05) is 10.7 Å². The van der Waals surface area contributed by atoms with Crippen molar-refractivity contribution in [1.82, 2.24) is 14.6 Å². The predicted octanol–water partition coefficient (Wildman–Crippen LogP) is 2.78. The van der Waals surface area contributed by atoms with E-state index in [1.54, 1.807) is 6.20 Å². The van der Waals surface area contributed by atoms with E-state index in [1.165, 1.54) is 12.8 Å². The molecule has 0 aliphatic carbocycles. The van der Waals surface area contributed by atoms with Gasteiger partial charge >= 0.3 is 0 Å². The maximum Gasteiger partial charge on any atom is 0.152 e. The van der Waals surface area contributed by atoms with Gasteiger partial charge in [-0.15, -0.1) is 0 Å². The lowest BCUT2D eigenvalue weighted by molar-refractivity contribution is 0.612. The molecule has 0 saturated heterocycles. The molecule has 3 N–H and O–H groups in total. The van der Waals surface area contributed by atoms with Crippen molar-refractivity contribution in [3.8, 4) is 0 Å². The monoisotopic (exact) mass is 275 g/mol. The average Bonchev–Trinajstić information content (AvgIpc) is 2.88. The third-order valence-corrected chi connectivity index (χ3v) is 3.53. The predicted molar refractivity (Wildman–Crippen MR) is 83.1 cm³/mol. The number of anilines is 1. The van der Waals surface area contributed by atoms with Gasteiger partial charge in [0.1, 0.15) is 5.52 Å². The van der Waals surface area contributed by atoms with E-state index < -0.39 is 0 Å². The Morgan fingerprint density at radius 2 is 2.20 bits per heavy atom. The van der Waals surface area contributed by atoms with E-state index in [0.29, 0.717) is 12.5 Å². The van der Waals surface area contributed by atoms with E-state index in [-0.39, 0.29) is 6.04 Å². The lowest BCUT2D eigenvalue weighted by Crippen LogP contribution is -2.29. The first-order valence-electron chi connectivity index (χ1n) is 7.46. The van der Waals surface area contributed by atoms with E-state index in [2.05, 4.69) is 42.2 Å². The second kappa shape index (κ2) is 6.70. The first kappa shape index (κ1) is 14.8. The van der Waals surface area contributed by atoms with Crippen LogP contribution in [0.3, 0.4) is 0 Å². The van der Waals surface area contributed by atoms with Gasteiger partial charge in [-0.2, -0.15) is 5.10 Å². The molecule has 0 bridgehead atoms. The molecule has 2 heterocycles. The minimum atomic E-state index is 0.269. The molecule has 0 fully saturated rings. The highest BCUT2D eigenvalue weighted by atomic mass is 15.2. The lowest BCUT2D eigenvalue weighted by Gasteiger charge is -2.17. The second-order valence-electron chi connectivity index (χ2n) is 5.55. The van der Waals surface area contributed by atoms with Crippen LogP contribution in [0.5, 0.6) is 0 Å². The fourth-order valence-corrected chi connectivity index (χ4v) is 2.23. The first-order chi connectivity index (χ1) is 9.65. The molecule has 0 spiro atoms. The van der Waals surface area contributed by atoms with Crippen LogP contribution in [0.15, 0.2) is 18.5 Å². The van der Waals surface area contributed by atoms with Gasteiger partial charge in [0.25, 0.3) is 0 Å². The van der Waals surface area contributed by atoms with Crippen molar-refractivity contribution in [2.24, 2.45) is 5.73 Å². The third kappa shape index (κ3) is 3.28. The van der Waals surface area contributed by atoms with Crippen LogP contribution in [-0.2, 0) is 0 Å². The molecule has 5 nitrogen and oxygen atoms in total. The standard InChI is InChI=1S/C15H25N5/c1-4-5-6-12(10-16)18-15-14-9-13(11(2)3)19-20(14)8-7-17-15/h7-9,11-12H,4-6,10,16H2,1-3H3,(H,17,18). The van der Waals surface area contributed by atoms with Gasteiger partial charge in [0.05, 0.1) is 5.69 Å². The van der Waals surface area contributed by atoms with Crippen LogP contribution < -0.4 is 11.1 Å². The molecular formula is C15H25N5. The summed E-state index contributed by atoms with van der Waals surface area (Å²) in [5, 5.41) is 8.04. The normalized spacial score (nSPS) is 13.1. The number of unbranched alkanes of at least 4 members (excludes halogenated alkanes) is 1. The quantitative estimate of drug-likeness (QED) is 0.815. The zero-order valence-corrected chi connectivity index (χ0v) is 12.6. The summed E-state index contributed by atoms with van der Waals surface area (Å²) in [7, 11) is 0. The van der Waals surface area contributed by atoms with E-state index in [4.69, 9.17) is 5.73 Å². The molecule has 0 amide bonds. The van der Waals surface area contributed by atoms with Crippen molar-refractivity contribution >= 4 is 11.3 Å². The molecule has 1 atom stereocenters. The molecule has 0 aromatic carbocycles. The van der Waals surface area contributed by atoms with Crippen LogP contribution >= 0.6 is 0 Å². The fourth-order valence-electron chi connectivity index (χ4n) is 2.23. The van der Waals surface area contributed by atoms with Crippen molar-refractivity contribution in [3.63, 3.8) is 0 Å². The SMILES string of the molecule is CCCCC(CN)Nc1nccn2nc(C(C)C)cc12. The number of hydrogen-bond donors (Lipinski definition) is 2. The van der Waals surface area contributed by atoms with Crippen molar-refractivity contribution < 1.29 is 0 Å². The van der Waals surface area contributed by atoms with Gasteiger partial charge in [0, 0.05) is 25.0 Å². The Hall–Kier alpha value is -1.62. The summed E-state index contributed by atoms with van der Waals surface area (Å²) in [5.74, 6) is 1.28. The molecule has 0 saturated carbocycles. The van der Waals surface area contributed by atoms with E-state index >= 15 is 0 Å². The molecule has 2 rings (SSSR count). The van der Waals surface area contributed by atoms with Crippen molar-refractivity contribution in [2.75, 3.05) is 11.9 Å². The molecule has 110 valence electrons. The smallest absolute Gasteiger partial charge is 0.152 e. The molecular weight excluding hydrogens is 250 g/mol. The van der Waals surface area contributed by atoms with Crippen LogP contribution in [-0.4, -0.2) is 27.2 Å². The van der Waals surface area contributed by atoms with Gasteiger partial charge in [-0.05, 0) is 18.4 Å². The van der Waals surface area contributed by atoms with Crippen molar-refractivity contribution in [3.05, 3.63) is 24.2 Å². The van der Waals surface area contributed by atoms with E-state index in [9.17, 15) is 0 Å². The zero-order chi connectivity index (χ0) is 14.5. The number of fused-ring (bicyclic) bond motifs is 1. The number of nitrogens with one attached hydrogen (secondary N) is 1. The molecule has 20 heavy (non-hydrogen) atoms. The third-order valence-electron chi connectivity index (χ3n) is 3.53. The number of nitrogens with two attached hydrogens (primary N) is 1. The van der Waals surface area contributed by atoms with Crippen molar-refractivity contribution in [1.29, 1.82) is 0 Å². The Balaban J connectivity index is 2.24. The Labute approximate surface area is 120 Å². The Bertz CT molecular complexity index is 546. The van der Waals surface area contributed by atoms with Gasteiger partial charge in [0.15, 0.2) is 5.82 Å². The molecule has 2 aromatic heterocycles. The minimum absolute atomic E-state index is 0.269. The molecule has 0 aliphatic rings. The maximum atomic E-state index is 5.85. The Morgan fingerprint density at radius 3 is 2.85 bits per heavy atom. The van der Waals surface area contributed by atoms with Crippen LogP contribution in [0.25, 0.3) is 5.52 Å². The van der Waals surface area contributed by atoms with Gasteiger partial charge in [-0.25, -0.2) is 9.50 Å². The second-order valence-corrected chi connectivity index (χ2v) is 5.55. The Morgan fingerprint density at radius 1 is 1.40 bits per heavy atom. The molecule has 5 heteroatoms. The zero-order valence-electron chi connectivity index (χ0n) is 12.6. The number of rotatable bonds is 7. The summed E-state index contributed by atoms with van der Waals surface area (Å²) in [6.45, 7) is 7.10. The summed E-state index contributed by atoms with van der Waals surface area (Å²) in [6.07, 6.45) is 7.09. The average molecular weight is 275 g/mol. The van der Waals surface area contributed by atoms with Crippen LogP contribution in [0, 0.1) is 0 Å². The number of aromatic nitrogens is 3. The lowest BCUT2D eigenvalue weighted by atomic mass is 10.1. The largest absolute Gasteiger partial charge is 0.364 e. The highest BCUT2D eigenvalue weighted by Gasteiger charge is 2.12. The summed E-state index contributed by atoms with van der Waals surface area (Å²) in [6, 6.07) is 2.37. The molecule has 0 radical (unpaired) electrons. The van der Waals surface area contributed by atoms with Gasteiger partial charge < -0.3 is 11.1 Å². The van der Waals surface area contributed by atoms with Gasteiger partial charge in [0.2, 0.25) is 0 Å². The molecule has 1 unspecified atom stereocenters. The first-order valence-corrected chi connectivity index (χ1v) is 7.46. The topological polar surface area (TPSA) is 68.2 Å². The molecule has 2 aromatic rings.